The molecule has 1 amide bonds. The Bertz CT molecular complexity index is 445. The number of carbonyl (C=O) groups excluding carboxylic acids is 1. The maximum absolute atomic E-state index is 12.2. The Morgan fingerprint density at radius 2 is 2.25 bits per heavy atom. The third kappa shape index (κ3) is 4.65. The number of carbonyl (C=O) groups is 1. The van der Waals surface area contributed by atoms with Crippen molar-refractivity contribution in [3.8, 4) is 5.75 Å². The van der Waals surface area contributed by atoms with Gasteiger partial charge in [-0.05, 0) is 37.5 Å². The molecule has 0 bridgehead atoms. The van der Waals surface area contributed by atoms with Gasteiger partial charge in [-0.25, -0.2) is 0 Å². The minimum Gasteiger partial charge on any atom is -0.484 e. The number of likely N-dealkylation sites (tertiary alicyclic amines) is 1. The monoisotopic (exact) mass is 362 g/mol. The summed E-state index contributed by atoms with van der Waals surface area (Å²) in [4.78, 5) is 14.0. The highest BCUT2D eigenvalue weighted by Gasteiger charge is 2.25. The van der Waals surface area contributed by atoms with Gasteiger partial charge in [0.05, 0.1) is 0 Å². The van der Waals surface area contributed by atoms with Crippen molar-refractivity contribution in [2.45, 2.75) is 25.3 Å². The topological polar surface area (TPSA) is 55.6 Å². The molecule has 20 heavy (non-hydrogen) atoms. The highest BCUT2D eigenvalue weighted by atomic mass is 79.9. The summed E-state index contributed by atoms with van der Waals surface area (Å²) in [6, 6.07) is 7.67. The number of rotatable bonds is 4. The minimum absolute atomic E-state index is 0. The number of nitrogens with zero attached hydrogens (tertiary/aromatic N) is 1. The zero-order valence-electron chi connectivity index (χ0n) is 11.3. The standard InChI is InChI=1S/C14H19BrN2O2.ClH/c15-11-4-3-6-13(8-11)19-10-14(18)17-7-2-1-5-12(17)9-16;/h3-4,6,8,12H,1-2,5,7,9-10,16H2;1H. The number of piperidine rings is 1. The van der Waals surface area contributed by atoms with Crippen LogP contribution in [0.4, 0.5) is 0 Å². The number of halogens is 2. The SMILES string of the molecule is Cl.NCC1CCCCN1C(=O)COc1cccc(Br)c1. The van der Waals surface area contributed by atoms with E-state index < -0.39 is 0 Å². The molecule has 1 atom stereocenters. The van der Waals surface area contributed by atoms with Crippen LogP contribution in [0.1, 0.15) is 19.3 Å². The summed E-state index contributed by atoms with van der Waals surface area (Å²) in [6.45, 7) is 1.40. The number of hydrogen-bond donors (Lipinski definition) is 1. The number of ether oxygens (including phenoxy) is 1. The first-order chi connectivity index (χ1) is 9.20. The predicted molar refractivity (Wildman–Crippen MR) is 85.3 cm³/mol. The van der Waals surface area contributed by atoms with Crippen molar-refractivity contribution in [2.24, 2.45) is 5.73 Å². The van der Waals surface area contributed by atoms with Crippen molar-refractivity contribution in [1.82, 2.24) is 4.90 Å². The van der Waals surface area contributed by atoms with Crippen LogP contribution in [0, 0.1) is 0 Å². The van der Waals surface area contributed by atoms with Crippen LogP contribution in [-0.4, -0.2) is 36.5 Å². The van der Waals surface area contributed by atoms with Crippen LogP contribution in [0.3, 0.4) is 0 Å². The van der Waals surface area contributed by atoms with Gasteiger partial charge < -0.3 is 15.4 Å². The lowest BCUT2D eigenvalue weighted by Crippen LogP contribution is -2.49. The van der Waals surface area contributed by atoms with E-state index in [-0.39, 0.29) is 31.0 Å². The lowest BCUT2D eigenvalue weighted by Gasteiger charge is -2.34. The maximum Gasteiger partial charge on any atom is 0.260 e. The zero-order valence-corrected chi connectivity index (χ0v) is 13.7. The Morgan fingerprint density at radius 1 is 1.45 bits per heavy atom. The predicted octanol–water partition coefficient (Wildman–Crippen LogP) is 2.59. The van der Waals surface area contributed by atoms with Crippen LogP contribution < -0.4 is 10.5 Å². The molecule has 1 aromatic carbocycles. The van der Waals surface area contributed by atoms with Gasteiger partial charge in [-0.2, -0.15) is 0 Å². The van der Waals surface area contributed by atoms with E-state index in [0.717, 1.165) is 30.3 Å². The fourth-order valence-electron chi connectivity index (χ4n) is 2.36. The number of amides is 1. The number of hydrogen-bond acceptors (Lipinski definition) is 3. The number of nitrogens with two attached hydrogens (primary N) is 1. The summed E-state index contributed by atoms with van der Waals surface area (Å²) in [6.07, 6.45) is 3.20. The van der Waals surface area contributed by atoms with Crippen LogP contribution >= 0.6 is 28.3 Å². The molecule has 1 saturated heterocycles. The molecule has 2 rings (SSSR count). The third-order valence-electron chi connectivity index (χ3n) is 3.38. The lowest BCUT2D eigenvalue weighted by molar-refractivity contribution is -0.136. The Labute approximate surface area is 134 Å². The van der Waals surface area contributed by atoms with Gasteiger partial charge in [0.25, 0.3) is 5.91 Å². The maximum atomic E-state index is 12.2. The molecule has 0 spiro atoms. The van der Waals surface area contributed by atoms with Gasteiger partial charge in [-0.1, -0.05) is 22.0 Å². The van der Waals surface area contributed by atoms with E-state index in [1.165, 1.54) is 0 Å². The molecule has 0 aliphatic carbocycles. The molecule has 0 radical (unpaired) electrons. The van der Waals surface area contributed by atoms with Crippen LogP contribution in [-0.2, 0) is 4.79 Å². The van der Waals surface area contributed by atoms with Crippen molar-refractivity contribution in [3.63, 3.8) is 0 Å². The van der Waals surface area contributed by atoms with Crippen LogP contribution in [0.2, 0.25) is 0 Å². The molecule has 1 aromatic rings. The molecule has 0 aromatic heterocycles. The zero-order chi connectivity index (χ0) is 13.7. The summed E-state index contributed by atoms with van der Waals surface area (Å²) in [5, 5.41) is 0. The van der Waals surface area contributed by atoms with E-state index in [0.29, 0.717) is 12.3 Å². The molecule has 1 unspecified atom stereocenters. The summed E-state index contributed by atoms with van der Waals surface area (Å²) in [7, 11) is 0. The molecule has 0 saturated carbocycles. The van der Waals surface area contributed by atoms with Crippen LogP contribution in [0.15, 0.2) is 28.7 Å². The normalized spacial score (nSPS) is 18.3. The van der Waals surface area contributed by atoms with Crippen molar-refractivity contribution in [2.75, 3.05) is 19.7 Å². The van der Waals surface area contributed by atoms with Crippen LogP contribution in [0.5, 0.6) is 5.75 Å². The largest absolute Gasteiger partial charge is 0.484 e. The minimum atomic E-state index is 0. The van der Waals surface area contributed by atoms with E-state index in [2.05, 4.69) is 15.9 Å². The van der Waals surface area contributed by atoms with Gasteiger partial charge in [0.2, 0.25) is 0 Å². The first kappa shape index (κ1) is 17.3. The Kier molecular flexibility index (Phi) is 7.34. The second-order valence-corrected chi connectivity index (χ2v) is 5.63. The summed E-state index contributed by atoms with van der Waals surface area (Å²) in [5.74, 6) is 0.721. The fraction of sp³-hybridized carbons (Fsp3) is 0.500. The first-order valence-electron chi connectivity index (χ1n) is 6.58. The van der Waals surface area contributed by atoms with E-state index >= 15 is 0 Å². The molecule has 1 fully saturated rings. The molecule has 1 aliphatic heterocycles. The van der Waals surface area contributed by atoms with Gasteiger partial charge in [0.15, 0.2) is 6.61 Å². The molecule has 112 valence electrons. The van der Waals surface area contributed by atoms with Gasteiger partial charge >= 0.3 is 0 Å². The Morgan fingerprint density at radius 3 is 2.95 bits per heavy atom. The molecular weight excluding hydrogens is 344 g/mol. The summed E-state index contributed by atoms with van der Waals surface area (Å²) >= 11 is 3.37. The average Bonchev–Trinajstić information content (AvgIpc) is 2.45. The summed E-state index contributed by atoms with van der Waals surface area (Å²) in [5.41, 5.74) is 5.72. The van der Waals surface area contributed by atoms with Crippen molar-refractivity contribution in [1.29, 1.82) is 0 Å². The second kappa shape index (κ2) is 8.49. The quantitative estimate of drug-likeness (QED) is 0.894. The van der Waals surface area contributed by atoms with Gasteiger partial charge in [0.1, 0.15) is 5.75 Å². The van der Waals surface area contributed by atoms with Crippen molar-refractivity contribution >= 4 is 34.2 Å². The van der Waals surface area contributed by atoms with Crippen molar-refractivity contribution < 1.29 is 9.53 Å². The fourth-order valence-corrected chi connectivity index (χ4v) is 2.74. The van der Waals surface area contributed by atoms with E-state index in [4.69, 9.17) is 10.5 Å². The van der Waals surface area contributed by atoms with E-state index in [1.807, 2.05) is 29.2 Å². The van der Waals surface area contributed by atoms with E-state index in [1.54, 1.807) is 0 Å². The highest BCUT2D eigenvalue weighted by molar-refractivity contribution is 9.10. The Balaban J connectivity index is 0.00000200. The van der Waals surface area contributed by atoms with Gasteiger partial charge in [-0.3, -0.25) is 4.79 Å². The molecule has 6 heteroatoms. The number of benzene rings is 1. The molecule has 1 aliphatic rings. The highest BCUT2D eigenvalue weighted by Crippen LogP contribution is 2.19. The first-order valence-corrected chi connectivity index (χ1v) is 7.38. The van der Waals surface area contributed by atoms with E-state index in [9.17, 15) is 4.79 Å². The van der Waals surface area contributed by atoms with Gasteiger partial charge in [-0.15, -0.1) is 12.4 Å². The van der Waals surface area contributed by atoms with Gasteiger partial charge in [0, 0.05) is 23.6 Å². The van der Waals surface area contributed by atoms with Crippen LogP contribution in [0.25, 0.3) is 0 Å². The molecule has 4 nitrogen and oxygen atoms in total. The average molecular weight is 364 g/mol. The lowest BCUT2D eigenvalue weighted by atomic mass is 10.0. The molecule has 1 heterocycles. The molecule has 2 N–H and O–H groups in total. The Hall–Kier alpha value is -0.780. The second-order valence-electron chi connectivity index (χ2n) is 4.72. The summed E-state index contributed by atoms with van der Waals surface area (Å²) < 4.78 is 6.47. The van der Waals surface area contributed by atoms with Crippen molar-refractivity contribution in [3.05, 3.63) is 28.7 Å². The smallest absolute Gasteiger partial charge is 0.260 e. The third-order valence-corrected chi connectivity index (χ3v) is 3.87. The molecular formula is C14H20BrClN2O2.